The number of hydrogen-bond donors (Lipinski definition) is 0. The lowest BCUT2D eigenvalue weighted by Crippen LogP contribution is -2.51. The van der Waals surface area contributed by atoms with E-state index in [1.165, 1.54) is 6.42 Å². The number of carbonyl (C=O) groups excluding carboxylic acids is 2. The minimum absolute atomic E-state index is 0.104. The number of halogens is 1. The second-order valence-corrected chi connectivity index (χ2v) is 10.2. The number of benzene rings is 1. The normalized spacial score (nSPS) is 20.9. The maximum absolute atomic E-state index is 13.3. The molecule has 2 aromatic rings. The quantitative estimate of drug-likeness (QED) is 0.557. The van der Waals surface area contributed by atoms with E-state index in [1.807, 2.05) is 45.7 Å². The Morgan fingerprint density at radius 2 is 1.85 bits per heavy atom. The molecule has 0 spiro atoms. The van der Waals surface area contributed by atoms with Crippen molar-refractivity contribution in [1.82, 2.24) is 19.6 Å². The summed E-state index contributed by atoms with van der Waals surface area (Å²) in [4.78, 5) is 30.3. The largest absolute Gasteiger partial charge is 0.493 e. The Morgan fingerprint density at radius 1 is 1.06 bits per heavy atom. The van der Waals surface area contributed by atoms with Gasteiger partial charge in [-0.1, -0.05) is 17.7 Å². The molecule has 0 aliphatic carbocycles. The van der Waals surface area contributed by atoms with Crippen LogP contribution in [-0.2, 0) is 16.1 Å². The third-order valence-corrected chi connectivity index (χ3v) is 7.29. The zero-order valence-electron chi connectivity index (χ0n) is 20.0. The lowest BCUT2D eigenvalue weighted by atomic mass is 9.77. The number of aryl methyl sites for hydroxylation is 2. The standard InChI is InChI=1S/C26H35ClN4O3/c1-21-9-12-28-31(21)16-10-24(32)30-15-6-11-26(19-30,18-25(33)29-13-3-2-4-14-29)20-34-23-8-5-7-22(27)17-23/h5,7-9,12,17H,2-4,6,10-11,13-16,18-20H2,1H3. The van der Waals surface area contributed by atoms with Crippen LogP contribution >= 0.6 is 11.6 Å². The monoisotopic (exact) mass is 486 g/mol. The summed E-state index contributed by atoms with van der Waals surface area (Å²) in [5.74, 6) is 0.970. The van der Waals surface area contributed by atoms with E-state index in [-0.39, 0.29) is 11.8 Å². The molecule has 4 rings (SSSR count). The first kappa shape index (κ1) is 24.6. The van der Waals surface area contributed by atoms with Crippen LogP contribution in [0.4, 0.5) is 0 Å². The van der Waals surface area contributed by atoms with Crippen LogP contribution in [0.2, 0.25) is 5.02 Å². The second-order valence-electron chi connectivity index (χ2n) is 9.73. The molecule has 7 nitrogen and oxygen atoms in total. The number of rotatable bonds is 8. The predicted molar refractivity (Wildman–Crippen MR) is 132 cm³/mol. The van der Waals surface area contributed by atoms with Crippen LogP contribution in [0, 0.1) is 12.3 Å². The van der Waals surface area contributed by atoms with Crippen molar-refractivity contribution in [1.29, 1.82) is 0 Å². The van der Waals surface area contributed by atoms with Crippen molar-refractivity contribution >= 4 is 23.4 Å². The molecule has 2 aliphatic heterocycles. The van der Waals surface area contributed by atoms with Crippen LogP contribution in [-0.4, -0.2) is 64.2 Å². The molecule has 0 bridgehead atoms. The van der Waals surface area contributed by atoms with Gasteiger partial charge in [0, 0.05) is 67.9 Å². The van der Waals surface area contributed by atoms with Crippen LogP contribution in [0.3, 0.4) is 0 Å². The molecule has 1 aromatic heterocycles. The predicted octanol–water partition coefficient (Wildman–Crippen LogP) is 4.33. The third kappa shape index (κ3) is 6.32. The van der Waals surface area contributed by atoms with Gasteiger partial charge in [-0.3, -0.25) is 14.3 Å². The lowest BCUT2D eigenvalue weighted by molar-refractivity contribution is -0.142. The summed E-state index contributed by atoms with van der Waals surface area (Å²) < 4.78 is 8.03. The summed E-state index contributed by atoms with van der Waals surface area (Å²) in [7, 11) is 0. The van der Waals surface area contributed by atoms with Crippen molar-refractivity contribution in [2.75, 3.05) is 32.8 Å². The Kier molecular flexibility index (Phi) is 8.14. The topological polar surface area (TPSA) is 67.7 Å². The second kappa shape index (κ2) is 11.3. The Hall–Kier alpha value is -2.54. The molecule has 0 N–H and O–H groups in total. The van der Waals surface area contributed by atoms with Crippen LogP contribution in [0.15, 0.2) is 36.5 Å². The first-order valence-corrected chi connectivity index (χ1v) is 12.7. The van der Waals surface area contributed by atoms with Gasteiger partial charge in [-0.05, 0) is 63.3 Å². The number of hydrogen-bond acceptors (Lipinski definition) is 4. The molecule has 34 heavy (non-hydrogen) atoms. The molecule has 184 valence electrons. The van der Waals surface area contributed by atoms with Gasteiger partial charge in [0.15, 0.2) is 0 Å². The summed E-state index contributed by atoms with van der Waals surface area (Å²) in [5, 5.41) is 4.90. The maximum Gasteiger partial charge on any atom is 0.224 e. The third-order valence-electron chi connectivity index (χ3n) is 7.06. The van der Waals surface area contributed by atoms with E-state index >= 15 is 0 Å². The smallest absolute Gasteiger partial charge is 0.224 e. The molecule has 8 heteroatoms. The van der Waals surface area contributed by atoms with Crippen molar-refractivity contribution in [2.45, 2.75) is 58.4 Å². The highest BCUT2D eigenvalue weighted by molar-refractivity contribution is 6.30. The van der Waals surface area contributed by atoms with Crippen molar-refractivity contribution in [3.63, 3.8) is 0 Å². The highest BCUT2D eigenvalue weighted by atomic mass is 35.5. The van der Waals surface area contributed by atoms with E-state index in [0.29, 0.717) is 49.9 Å². The maximum atomic E-state index is 13.3. The van der Waals surface area contributed by atoms with Crippen LogP contribution < -0.4 is 4.74 Å². The van der Waals surface area contributed by atoms with Crippen LogP contribution in [0.25, 0.3) is 0 Å². The molecular formula is C26H35ClN4O3. The zero-order chi connectivity index (χ0) is 24.0. The molecule has 0 radical (unpaired) electrons. The van der Waals surface area contributed by atoms with Gasteiger partial charge in [0.05, 0.1) is 6.61 Å². The van der Waals surface area contributed by atoms with Gasteiger partial charge in [0.2, 0.25) is 11.8 Å². The molecule has 1 aromatic carbocycles. The Bertz CT molecular complexity index is 988. The zero-order valence-corrected chi connectivity index (χ0v) is 20.8. The average Bonchev–Trinajstić information content (AvgIpc) is 3.26. The number of likely N-dealkylation sites (tertiary alicyclic amines) is 2. The summed E-state index contributed by atoms with van der Waals surface area (Å²) in [6.45, 7) is 5.84. The number of nitrogens with zero attached hydrogens (tertiary/aromatic N) is 4. The van der Waals surface area contributed by atoms with Gasteiger partial charge < -0.3 is 14.5 Å². The van der Waals surface area contributed by atoms with Gasteiger partial charge in [-0.25, -0.2) is 0 Å². The van der Waals surface area contributed by atoms with Crippen LogP contribution in [0.1, 0.15) is 50.6 Å². The molecule has 2 saturated heterocycles. The van der Waals surface area contributed by atoms with E-state index in [2.05, 4.69) is 5.10 Å². The van der Waals surface area contributed by atoms with E-state index in [4.69, 9.17) is 16.3 Å². The van der Waals surface area contributed by atoms with E-state index in [0.717, 1.165) is 44.5 Å². The summed E-state index contributed by atoms with van der Waals surface area (Å²) in [5.41, 5.74) is 0.634. The van der Waals surface area contributed by atoms with Gasteiger partial charge in [0.1, 0.15) is 5.75 Å². The van der Waals surface area contributed by atoms with Gasteiger partial charge in [0.25, 0.3) is 0 Å². The molecule has 2 amide bonds. The molecule has 1 unspecified atom stereocenters. The molecule has 2 aliphatic rings. The molecule has 3 heterocycles. The van der Waals surface area contributed by atoms with Crippen molar-refractivity contribution < 1.29 is 14.3 Å². The van der Waals surface area contributed by atoms with E-state index in [1.54, 1.807) is 12.3 Å². The first-order valence-electron chi connectivity index (χ1n) is 12.4. The Labute approximate surface area is 207 Å². The first-order chi connectivity index (χ1) is 16.4. The molecule has 0 saturated carbocycles. The summed E-state index contributed by atoms with van der Waals surface area (Å²) in [6, 6.07) is 9.28. The highest BCUT2D eigenvalue weighted by Gasteiger charge is 2.41. The number of amides is 2. The average molecular weight is 487 g/mol. The fraction of sp³-hybridized carbons (Fsp3) is 0.577. The van der Waals surface area contributed by atoms with Crippen molar-refractivity contribution in [3.8, 4) is 5.75 Å². The molecular weight excluding hydrogens is 452 g/mol. The Balaban J connectivity index is 1.45. The summed E-state index contributed by atoms with van der Waals surface area (Å²) >= 11 is 6.14. The fourth-order valence-corrected chi connectivity index (χ4v) is 5.28. The van der Waals surface area contributed by atoms with Crippen molar-refractivity contribution in [3.05, 3.63) is 47.2 Å². The number of carbonyl (C=O) groups is 2. The van der Waals surface area contributed by atoms with Gasteiger partial charge in [-0.2, -0.15) is 5.10 Å². The lowest BCUT2D eigenvalue weighted by Gasteiger charge is -2.43. The number of ether oxygens (including phenoxy) is 1. The van der Waals surface area contributed by atoms with Gasteiger partial charge >= 0.3 is 0 Å². The van der Waals surface area contributed by atoms with E-state index in [9.17, 15) is 9.59 Å². The fourth-order valence-electron chi connectivity index (χ4n) is 5.10. The number of piperidine rings is 2. The number of aromatic nitrogens is 2. The van der Waals surface area contributed by atoms with Gasteiger partial charge in [-0.15, -0.1) is 0 Å². The highest BCUT2D eigenvalue weighted by Crippen LogP contribution is 2.36. The van der Waals surface area contributed by atoms with Crippen molar-refractivity contribution in [2.24, 2.45) is 5.41 Å². The molecule has 2 fully saturated rings. The minimum Gasteiger partial charge on any atom is -0.493 e. The van der Waals surface area contributed by atoms with E-state index < -0.39 is 5.41 Å². The summed E-state index contributed by atoms with van der Waals surface area (Å²) in [6.07, 6.45) is 7.58. The molecule has 1 atom stereocenters. The Morgan fingerprint density at radius 3 is 2.59 bits per heavy atom. The minimum atomic E-state index is -0.410. The van der Waals surface area contributed by atoms with Crippen LogP contribution in [0.5, 0.6) is 5.75 Å². The SMILES string of the molecule is Cc1ccnn1CCC(=O)N1CCCC(COc2cccc(Cl)c2)(CC(=O)N2CCCCC2)C1.